The van der Waals surface area contributed by atoms with E-state index in [9.17, 15) is 0 Å². The van der Waals surface area contributed by atoms with Gasteiger partial charge in [0, 0.05) is 0 Å². The molecule has 4 aromatic rings. The number of rotatable bonds is 7. The topological polar surface area (TPSA) is 0 Å². The van der Waals surface area contributed by atoms with Gasteiger partial charge in [0.15, 0.2) is 0 Å². The zero-order valence-electron chi connectivity index (χ0n) is 34.1. The van der Waals surface area contributed by atoms with Gasteiger partial charge in [-0.05, 0) is 0 Å². The Morgan fingerprint density at radius 1 is 0.654 bits per heavy atom. The van der Waals surface area contributed by atoms with Crippen LogP contribution in [0.5, 0.6) is 0 Å². The monoisotopic (exact) mass is 812 g/mol. The van der Waals surface area contributed by atoms with Gasteiger partial charge in [-0.1, -0.05) is 0 Å². The Labute approximate surface area is 330 Å². The van der Waals surface area contributed by atoms with E-state index in [-0.39, 0.29) is 41.1 Å². The van der Waals surface area contributed by atoms with Crippen molar-refractivity contribution in [1.29, 1.82) is 0 Å². The molecule has 278 valence electrons. The summed E-state index contributed by atoms with van der Waals surface area (Å²) < 4.78 is 12.0. The Morgan fingerprint density at radius 3 is 1.65 bits per heavy atom. The molecule has 0 nitrogen and oxygen atoms in total. The van der Waals surface area contributed by atoms with Crippen LogP contribution in [-0.2, 0) is 35.5 Å². The van der Waals surface area contributed by atoms with E-state index >= 15 is 0 Å². The van der Waals surface area contributed by atoms with Gasteiger partial charge in [0.2, 0.25) is 0 Å². The van der Waals surface area contributed by atoms with E-state index in [4.69, 9.17) is 4.21 Å². The first kappa shape index (κ1) is 42.4. The Hall–Kier alpha value is -2.31. The Balaban J connectivity index is 0.00000302. The van der Waals surface area contributed by atoms with Gasteiger partial charge < -0.3 is 0 Å². The minimum absolute atomic E-state index is 0. The number of fused-ring (bicyclic) bond motifs is 3. The number of hydrogen-bond acceptors (Lipinski definition) is 0. The standard InChI is InChI=1S/C21H25.C13H21.2C7H7.CH2.2ClH.Zr/c1-20(2,3)16-9-7-14-11-15-8-10-17(21(4,5)6)13-19(15)18(14)12-16;1-5-6-7-11-8-9-12(10-11)13(2,3)4;2*1-7-5-3-2-4-6-7;;;;/h7,9-10,12-13H,11H2,1-6H3;9-11H,5-7H2,1-4H3;2*3-6H,1H3;1H2;2*1H;. The quantitative estimate of drug-likeness (QED) is 0.154. The van der Waals surface area contributed by atoms with Crippen LogP contribution >= 0.6 is 24.8 Å². The van der Waals surface area contributed by atoms with Crippen LogP contribution in [0.15, 0.2) is 99.9 Å². The molecule has 0 aromatic heterocycles. The summed E-state index contributed by atoms with van der Waals surface area (Å²) in [6.07, 6.45) is 9.86. The summed E-state index contributed by atoms with van der Waals surface area (Å²) >= 11 is -5.04. The molecule has 3 heteroatoms. The SMILES string of the molecule is Cl.Cl.[CH2]=[Zr]([C]1=CC(C(C)(C)C)=CC1CCCC)([c]1ccc(C)cc1)([c]1ccc(C)cc1)[c]1cc(C(C)(C)C)cc2c1Cc1ccc(C(C)(C)C)cc1-2. The zero-order valence-corrected chi connectivity index (χ0v) is 38.2. The van der Waals surface area contributed by atoms with Crippen LogP contribution in [0.3, 0.4) is 0 Å². The van der Waals surface area contributed by atoms with E-state index in [2.05, 4.69) is 174 Å². The first-order valence-corrected chi connectivity index (χ1v) is 25.9. The maximum atomic E-state index is 5.96. The molecule has 52 heavy (non-hydrogen) atoms. The molecular formula is C49H64Cl2Zr. The van der Waals surface area contributed by atoms with Crippen LogP contribution in [0.25, 0.3) is 11.1 Å². The molecule has 0 heterocycles. The number of hydrogen-bond donors (Lipinski definition) is 0. The summed E-state index contributed by atoms with van der Waals surface area (Å²) in [4.78, 5) is 0. The molecule has 1 atom stereocenters. The number of benzene rings is 4. The molecule has 2 aliphatic carbocycles. The average molecular weight is 815 g/mol. The molecule has 0 saturated heterocycles. The second kappa shape index (κ2) is 14.7. The number of aryl methyl sites for hydroxylation is 2. The van der Waals surface area contributed by atoms with Crippen molar-refractivity contribution in [2.24, 2.45) is 11.3 Å². The van der Waals surface area contributed by atoms with Crippen LogP contribution < -0.4 is 9.81 Å². The molecule has 2 aliphatic rings. The molecule has 0 radical (unpaired) electrons. The van der Waals surface area contributed by atoms with E-state index < -0.39 is 18.3 Å². The minimum atomic E-state index is -5.04. The molecule has 0 spiro atoms. The van der Waals surface area contributed by atoms with Gasteiger partial charge in [-0.15, -0.1) is 24.8 Å². The Kier molecular flexibility index (Phi) is 12.0. The summed E-state index contributed by atoms with van der Waals surface area (Å²) in [5, 5.41) is 0. The van der Waals surface area contributed by atoms with Crippen molar-refractivity contribution < 1.29 is 18.3 Å². The molecule has 0 saturated carbocycles. The van der Waals surface area contributed by atoms with E-state index in [1.165, 1.54) is 69.5 Å². The molecule has 4 aromatic carbocycles. The predicted octanol–water partition coefficient (Wildman–Crippen LogP) is 12.4. The Morgan fingerprint density at radius 2 is 1.17 bits per heavy atom. The van der Waals surface area contributed by atoms with E-state index in [1.807, 2.05) is 0 Å². The fourth-order valence-corrected chi connectivity index (χ4v) is 25.1. The third-order valence-electron chi connectivity index (χ3n) is 12.2. The van der Waals surface area contributed by atoms with Crippen molar-refractivity contribution in [1.82, 2.24) is 0 Å². The first-order valence-electron chi connectivity index (χ1n) is 19.2. The van der Waals surface area contributed by atoms with Gasteiger partial charge in [0.05, 0.1) is 0 Å². The van der Waals surface area contributed by atoms with Crippen molar-refractivity contribution in [2.45, 2.75) is 120 Å². The van der Waals surface area contributed by atoms with Crippen LogP contribution in [0.4, 0.5) is 0 Å². The molecule has 0 N–H and O–H groups in total. The zero-order chi connectivity index (χ0) is 36.5. The molecule has 0 amide bonds. The van der Waals surface area contributed by atoms with Gasteiger partial charge in [-0.3, -0.25) is 0 Å². The molecule has 0 fully saturated rings. The van der Waals surface area contributed by atoms with Crippen LogP contribution in [-0.4, -0.2) is 4.21 Å². The van der Waals surface area contributed by atoms with E-state index in [0.717, 1.165) is 12.8 Å². The van der Waals surface area contributed by atoms with E-state index in [1.54, 1.807) is 6.55 Å². The number of unbranched alkanes of at least 4 members (excludes halogenated alkanes) is 1. The average Bonchev–Trinajstić information content (AvgIpc) is 3.65. The number of halogens is 2. The summed E-state index contributed by atoms with van der Waals surface area (Å²) in [5.41, 5.74) is 12.8. The van der Waals surface area contributed by atoms with Crippen LogP contribution in [0, 0.1) is 25.2 Å². The van der Waals surface area contributed by atoms with Crippen molar-refractivity contribution in [3.05, 3.63) is 133 Å². The molecule has 1 unspecified atom stereocenters. The first-order chi connectivity index (χ1) is 23.3. The molecule has 6 rings (SSSR count). The van der Waals surface area contributed by atoms with Crippen molar-refractivity contribution >= 4 is 38.8 Å². The van der Waals surface area contributed by atoms with Crippen LogP contribution in [0.2, 0.25) is 0 Å². The summed E-state index contributed by atoms with van der Waals surface area (Å²) in [6.45, 7) is 28.1. The van der Waals surface area contributed by atoms with Crippen molar-refractivity contribution in [2.75, 3.05) is 0 Å². The third kappa shape index (κ3) is 7.14. The van der Waals surface area contributed by atoms with Gasteiger partial charge in [0.1, 0.15) is 0 Å². The third-order valence-corrected chi connectivity index (χ3v) is 28.5. The molecule has 0 bridgehead atoms. The Bertz CT molecular complexity index is 2020. The van der Waals surface area contributed by atoms with Gasteiger partial charge in [0.25, 0.3) is 0 Å². The normalized spacial score (nSPS) is 16.0. The van der Waals surface area contributed by atoms with Gasteiger partial charge in [-0.2, -0.15) is 0 Å². The predicted molar refractivity (Wildman–Crippen MR) is 234 cm³/mol. The van der Waals surface area contributed by atoms with Crippen molar-refractivity contribution in [3.63, 3.8) is 0 Å². The molecule has 0 aliphatic heterocycles. The second-order valence-electron chi connectivity index (χ2n) is 19.0. The van der Waals surface area contributed by atoms with Crippen LogP contribution in [0.1, 0.15) is 122 Å². The summed E-state index contributed by atoms with van der Waals surface area (Å²) in [7, 11) is 0. The summed E-state index contributed by atoms with van der Waals surface area (Å²) in [6, 6.07) is 31.9. The van der Waals surface area contributed by atoms with Gasteiger partial charge in [-0.25, -0.2) is 0 Å². The second-order valence-corrected chi connectivity index (χ2v) is 31.8. The fraction of sp³-hybridized carbons (Fsp3) is 0.408. The molecular weight excluding hydrogens is 751 g/mol. The van der Waals surface area contributed by atoms with Gasteiger partial charge >= 0.3 is 308 Å². The van der Waals surface area contributed by atoms with Crippen molar-refractivity contribution in [3.8, 4) is 11.1 Å². The summed E-state index contributed by atoms with van der Waals surface area (Å²) in [5.74, 6) is 0.361. The maximum absolute atomic E-state index is 5.96. The van der Waals surface area contributed by atoms with E-state index in [0.29, 0.717) is 5.92 Å². The fourth-order valence-electron chi connectivity index (χ4n) is 8.80. The number of allylic oxidation sites excluding steroid dienone is 4.